The fourth-order valence-electron chi connectivity index (χ4n) is 4.15. The average Bonchev–Trinajstić information content (AvgIpc) is 2.75. The van der Waals surface area contributed by atoms with Crippen LogP contribution in [0, 0.1) is 6.92 Å². The molecular formula is C25H28ClN5. The van der Waals surface area contributed by atoms with Crippen LogP contribution in [0.1, 0.15) is 42.5 Å². The predicted octanol–water partition coefficient (Wildman–Crippen LogP) is 5.36. The first kappa shape index (κ1) is 21.2. The van der Waals surface area contributed by atoms with Gasteiger partial charge in [-0.05, 0) is 61.7 Å². The molecule has 31 heavy (non-hydrogen) atoms. The molecule has 0 aliphatic heterocycles. The number of nitrogens with two attached hydrogens (primary N) is 2. The van der Waals surface area contributed by atoms with Crippen molar-refractivity contribution in [3.8, 4) is 0 Å². The van der Waals surface area contributed by atoms with Crippen molar-refractivity contribution in [1.29, 1.82) is 0 Å². The number of nitrogens with one attached hydrogen (secondary N) is 1. The monoisotopic (exact) mass is 433 g/mol. The standard InChI is InChI=1S/C25H28ClN5/c1-16-6-13-21-20(14-16)24(30-22-4-2-3-5-23(22)31-25(27)28)15-19(29-21)12-9-17-7-10-18(26)11-8-17/h6-15,22-23H,2-5H2,1H3,(H,29,30)(H4,27,28,31)/b12-9-. The van der Waals surface area contributed by atoms with Crippen molar-refractivity contribution in [3.05, 3.63) is 70.4 Å². The van der Waals surface area contributed by atoms with Crippen LogP contribution < -0.4 is 16.8 Å². The molecule has 1 fully saturated rings. The van der Waals surface area contributed by atoms with Gasteiger partial charge in [0.2, 0.25) is 0 Å². The van der Waals surface area contributed by atoms with E-state index in [0.717, 1.165) is 52.1 Å². The van der Waals surface area contributed by atoms with Gasteiger partial charge in [0.05, 0.1) is 17.3 Å². The molecule has 1 aliphatic carbocycles. The zero-order valence-corrected chi connectivity index (χ0v) is 18.4. The van der Waals surface area contributed by atoms with E-state index in [1.54, 1.807) is 0 Å². The van der Waals surface area contributed by atoms with Crippen LogP contribution >= 0.6 is 11.6 Å². The van der Waals surface area contributed by atoms with E-state index in [9.17, 15) is 0 Å². The van der Waals surface area contributed by atoms with E-state index in [1.165, 1.54) is 12.0 Å². The molecule has 4 rings (SSSR count). The summed E-state index contributed by atoms with van der Waals surface area (Å²) in [6.07, 6.45) is 8.41. The second-order valence-electron chi connectivity index (χ2n) is 8.16. The first-order valence-electron chi connectivity index (χ1n) is 10.7. The lowest BCUT2D eigenvalue weighted by Crippen LogP contribution is -2.38. The van der Waals surface area contributed by atoms with Gasteiger partial charge in [-0.15, -0.1) is 0 Å². The summed E-state index contributed by atoms with van der Waals surface area (Å²) in [6, 6.07) is 16.5. The molecule has 1 aliphatic rings. The Labute approximate surface area is 188 Å². The Bertz CT molecular complexity index is 1120. The number of aromatic nitrogens is 1. The number of rotatable bonds is 5. The Morgan fingerprint density at radius 2 is 1.84 bits per heavy atom. The highest BCUT2D eigenvalue weighted by molar-refractivity contribution is 6.30. The number of fused-ring (bicyclic) bond motifs is 1. The van der Waals surface area contributed by atoms with Crippen LogP contribution in [0.5, 0.6) is 0 Å². The third kappa shape index (κ3) is 5.36. The number of aliphatic imine (C=N–C) groups is 1. The van der Waals surface area contributed by atoms with Gasteiger partial charge in [-0.1, -0.05) is 54.3 Å². The molecule has 5 nitrogen and oxygen atoms in total. The lowest BCUT2D eigenvalue weighted by Gasteiger charge is -2.31. The largest absolute Gasteiger partial charge is 0.380 e. The summed E-state index contributed by atoms with van der Waals surface area (Å²) in [7, 11) is 0. The molecule has 0 spiro atoms. The van der Waals surface area contributed by atoms with Gasteiger partial charge < -0.3 is 16.8 Å². The molecule has 160 valence electrons. The summed E-state index contributed by atoms with van der Waals surface area (Å²) in [5.41, 5.74) is 16.6. The second kappa shape index (κ2) is 9.40. The highest BCUT2D eigenvalue weighted by Crippen LogP contribution is 2.30. The van der Waals surface area contributed by atoms with Crippen LogP contribution in [0.15, 0.2) is 53.5 Å². The molecule has 2 atom stereocenters. The van der Waals surface area contributed by atoms with Gasteiger partial charge in [0.1, 0.15) is 0 Å². The van der Waals surface area contributed by atoms with Crippen LogP contribution in [0.25, 0.3) is 23.1 Å². The maximum atomic E-state index is 5.99. The van der Waals surface area contributed by atoms with E-state index < -0.39 is 0 Å². The Morgan fingerprint density at radius 3 is 2.61 bits per heavy atom. The zero-order valence-electron chi connectivity index (χ0n) is 17.7. The molecule has 6 heteroatoms. The number of nitrogens with zero attached hydrogens (tertiary/aromatic N) is 2. The van der Waals surface area contributed by atoms with Crippen molar-refractivity contribution in [2.24, 2.45) is 16.5 Å². The smallest absolute Gasteiger partial charge is 0.186 e. The van der Waals surface area contributed by atoms with Crippen LogP contribution in [-0.2, 0) is 0 Å². The Kier molecular flexibility index (Phi) is 6.42. The average molecular weight is 434 g/mol. The molecule has 2 aromatic carbocycles. The maximum absolute atomic E-state index is 5.99. The molecule has 0 radical (unpaired) electrons. The minimum absolute atomic E-state index is 0.0832. The van der Waals surface area contributed by atoms with E-state index >= 15 is 0 Å². The molecule has 3 aromatic rings. The predicted molar refractivity (Wildman–Crippen MR) is 132 cm³/mol. The third-order valence-corrected chi connectivity index (χ3v) is 5.94. The quantitative estimate of drug-likeness (QED) is 0.373. The summed E-state index contributed by atoms with van der Waals surface area (Å²) in [4.78, 5) is 9.34. The van der Waals surface area contributed by atoms with Crippen molar-refractivity contribution in [2.75, 3.05) is 5.32 Å². The van der Waals surface area contributed by atoms with Crippen molar-refractivity contribution in [2.45, 2.75) is 44.7 Å². The van der Waals surface area contributed by atoms with E-state index in [1.807, 2.05) is 36.4 Å². The van der Waals surface area contributed by atoms with Crippen molar-refractivity contribution in [1.82, 2.24) is 4.98 Å². The Balaban J connectivity index is 1.69. The molecule has 1 aromatic heterocycles. The molecule has 5 N–H and O–H groups in total. The van der Waals surface area contributed by atoms with Crippen molar-refractivity contribution in [3.63, 3.8) is 0 Å². The summed E-state index contributed by atoms with van der Waals surface area (Å²) >= 11 is 5.99. The van der Waals surface area contributed by atoms with Crippen LogP contribution in [0.3, 0.4) is 0 Å². The summed E-state index contributed by atoms with van der Waals surface area (Å²) in [5.74, 6) is 0.153. The van der Waals surface area contributed by atoms with Crippen LogP contribution in [-0.4, -0.2) is 23.0 Å². The summed E-state index contributed by atoms with van der Waals surface area (Å²) < 4.78 is 0. The topological polar surface area (TPSA) is 89.3 Å². The third-order valence-electron chi connectivity index (χ3n) is 5.69. The first-order chi connectivity index (χ1) is 15.0. The number of halogens is 1. The van der Waals surface area contributed by atoms with Gasteiger partial charge >= 0.3 is 0 Å². The number of anilines is 1. The lowest BCUT2D eigenvalue weighted by atomic mass is 9.90. The van der Waals surface area contributed by atoms with Crippen LogP contribution in [0.2, 0.25) is 5.02 Å². The van der Waals surface area contributed by atoms with Gasteiger partial charge in [0.25, 0.3) is 0 Å². The van der Waals surface area contributed by atoms with E-state index in [-0.39, 0.29) is 18.0 Å². The van der Waals surface area contributed by atoms with Gasteiger partial charge in [-0.2, -0.15) is 0 Å². The van der Waals surface area contributed by atoms with Gasteiger partial charge in [0.15, 0.2) is 5.96 Å². The Hall–Kier alpha value is -3.05. The molecule has 1 heterocycles. The minimum Gasteiger partial charge on any atom is -0.380 e. The van der Waals surface area contributed by atoms with E-state index in [4.69, 9.17) is 28.1 Å². The number of aryl methyl sites for hydroxylation is 1. The normalized spacial score (nSPS) is 18.9. The molecule has 1 saturated carbocycles. The maximum Gasteiger partial charge on any atom is 0.186 e. The van der Waals surface area contributed by atoms with Crippen molar-refractivity contribution >= 4 is 46.3 Å². The lowest BCUT2D eigenvalue weighted by molar-refractivity contribution is 0.405. The number of guanidine groups is 1. The SMILES string of the molecule is Cc1ccc2nc(/C=C\c3ccc(Cl)cc3)cc(NC3CCCCC3N=C(N)N)c2c1. The molecule has 0 saturated heterocycles. The number of benzene rings is 2. The summed E-state index contributed by atoms with van der Waals surface area (Å²) in [6.45, 7) is 2.10. The second-order valence-corrected chi connectivity index (χ2v) is 8.59. The Morgan fingerprint density at radius 1 is 1.06 bits per heavy atom. The fraction of sp³-hybridized carbons (Fsp3) is 0.280. The molecular weight excluding hydrogens is 406 g/mol. The minimum atomic E-state index is 0.0832. The number of hydrogen-bond donors (Lipinski definition) is 3. The number of pyridine rings is 1. The molecule has 0 amide bonds. The highest BCUT2D eigenvalue weighted by Gasteiger charge is 2.25. The summed E-state index contributed by atoms with van der Waals surface area (Å²) in [5, 5.41) is 5.58. The zero-order chi connectivity index (χ0) is 21.8. The van der Waals surface area contributed by atoms with Crippen molar-refractivity contribution < 1.29 is 0 Å². The molecule has 0 bridgehead atoms. The highest BCUT2D eigenvalue weighted by atomic mass is 35.5. The first-order valence-corrected chi connectivity index (χ1v) is 11.1. The van der Waals surface area contributed by atoms with E-state index in [0.29, 0.717) is 0 Å². The fourth-order valence-corrected chi connectivity index (χ4v) is 4.27. The van der Waals surface area contributed by atoms with Gasteiger partial charge in [-0.3, -0.25) is 0 Å². The van der Waals surface area contributed by atoms with E-state index in [2.05, 4.69) is 41.5 Å². The number of hydrogen-bond acceptors (Lipinski definition) is 3. The van der Waals surface area contributed by atoms with Gasteiger partial charge in [-0.25, -0.2) is 9.98 Å². The van der Waals surface area contributed by atoms with Crippen LogP contribution in [0.4, 0.5) is 5.69 Å². The van der Waals surface area contributed by atoms with Gasteiger partial charge in [0, 0.05) is 22.1 Å². The molecule has 2 unspecified atom stereocenters.